The number of likely N-dealkylation sites (tertiary alicyclic amines) is 1. The zero-order valence-corrected chi connectivity index (χ0v) is 19.0. The van der Waals surface area contributed by atoms with E-state index in [4.69, 9.17) is 4.74 Å². The standard InChI is InChI=1S/C23H33N3O2S/c1-16-7-6-8-18(20(16)28-5)15-26-12-9-17(10-13-26)19(21-24-11-14-29-21)25-22(27)23(2,3)4/h6-8,11,14,17,19H,9-10,12-13,15H2,1-5H3,(H,25,27). The number of ether oxygens (including phenoxy) is 1. The van der Waals surface area contributed by atoms with Gasteiger partial charge >= 0.3 is 0 Å². The first-order chi connectivity index (χ1) is 13.8. The van der Waals surface area contributed by atoms with Gasteiger partial charge in [0.15, 0.2) is 0 Å². The minimum absolute atomic E-state index is 0.00243. The maximum Gasteiger partial charge on any atom is 0.225 e. The molecule has 29 heavy (non-hydrogen) atoms. The van der Waals surface area contributed by atoms with Crippen LogP contribution in [0.3, 0.4) is 0 Å². The highest BCUT2D eigenvalue weighted by Crippen LogP contribution is 2.34. The number of methoxy groups -OCH3 is 1. The Hall–Kier alpha value is -1.92. The summed E-state index contributed by atoms with van der Waals surface area (Å²) in [6, 6.07) is 6.34. The number of nitrogens with one attached hydrogen (secondary N) is 1. The van der Waals surface area contributed by atoms with Crippen molar-refractivity contribution in [3.05, 3.63) is 45.9 Å². The predicted molar refractivity (Wildman–Crippen MR) is 118 cm³/mol. The van der Waals surface area contributed by atoms with Crippen molar-refractivity contribution in [2.45, 2.75) is 53.1 Å². The fourth-order valence-electron chi connectivity index (χ4n) is 3.94. The number of para-hydroxylation sites is 1. The number of thiazole rings is 1. The van der Waals surface area contributed by atoms with Crippen molar-refractivity contribution in [2.24, 2.45) is 11.3 Å². The number of amides is 1. The molecule has 1 saturated heterocycles. The first-order valence-corrected chi connectivity index (χ1v) is 11.2. The van der Waals surface area contributed by atoms with Crippen molar-refractivity contribution in [2.75, 3.05) is 20.2 Å². The van der Waals surface area contributed by atoms with Gasteiger partial charge in [0.05, 0.1) is 13.2 Å². The maximum absolute atomic E-state index is 12.7. The quantitative estimate of drug-likeness (QED) is 0.751. The van der Waals surface area contributed by atoms with Crippen LogP contribution in [0.15, 0.2) is 29.8 Å². The van der Waals surface area contributed by atoms with Gasteiger partial charge in [-0.2, -0.15) is 0 Å². The lowest BCUT2D eigenvalue weighted by Crippen LogP contribution is -2.43. The summed E-state index contributed by atoms with van der Waals surface area (Å²) in [6.45, 7) is 10.9. The molecule has 0 saturated carbocycles. The lowest BCUT2D eigenvalue weighted by Gasteiger charge is -2.36. The molecule has 1 atom stereocenters. The minimum atomic E-state index is -0.405. The number of piperidine rings is 1. The molecule has 0 bridgehead atoms. The van der Waals surface area contributed by atoms with Crippen LogP contribution in [0.1, 0.15) is 55.8 Å². The van der Waals surface area contributed by atoms with E-state index in [0.717, 1.165) is 43.2 Å². The summed E-state index contributed by atoms with van der Waals surface area (Å²) in [5.41, 5.74) is 2.01. The zero-order chi connectivity index (χ0) is 21.0. The molecular formula is C23H33N3O2S. The summed E-state index contributed by atoms with van der Waals surface area (Å²) in [5, 5.41) is 6.30. The van der Waals surface area contributed by atoms with E-state index in [1.54, 1.807) is 18.4 Å². The number of aromatic nitrogens is 1. The van der Waals surface area contributed by atoms with E-state index in [1.807, 2.05) is 32.3 Å². The van der Waals surface area contributed by atoms with Crippen molar-refractivity contribution in [1.82, 2.24) is 15.2 Å². The molecule has 1 aromatic carbocycles. The van der Waals surface area contributed by atoms with Gasteiger partial charge in [0.25, 0.3) is 0 Å². The van der Waals surface area contributed by atoms with Gasteiger partial charge in [-0.3, -0.25) is 9.69 Å². The van der Waals surface area contributed by atoms with Gasteiger partial charge in [-0.05, 0) is 44.3 Å². The molecule has 1 amide bonds. The summed E-state index contributed by atoms with van der Waals surface area (Å²) < 4.78 is 5.62. The normalized spacial score (nSPS) is 17.1. The number of nitrogens with zero attached hydrogens (tertiary/aromatic N) is 2. The Labute approximate surface area is 178 Å². The van der Waals surface area contributed by atoms with Crippen LogP contribution in [-0.4, -0.2) is 36.0 Å². The second-order valence-corrected chi connectivity index (χ2v) is 9.88. The number of carbonyl (C=O) groups is 1. The van der Waals surface area contributed by atoms with Crippen molar-refractivity contribution >= 4 is 17.2 Å². The Morgan fingerprint density at radius 1 is 1.34 bits per heavy atom. The van der Waals surface area contributed by atoms with E-state index >= 15 is 0 Å². The molecule has 1 fully saturated rings. The van der Waals surface area contributed by atoms with Gasteiger partial charge < -0.3 is 10.1 Å². The van der Waals surface area contributed by atoms with Crippen molar-refractivity contribution in [3.8, 4) is 5.75 Å². The van der Waals surface area contributed by atoms with Gasteiger partial charge in [-0.1, -0.05) is 39.0 Å². The first-order valence-electron chi connectivity index (χ1n) is 10.3. The van der Waals surface area contributed by atoms with Crippen molar-refractivity contribution in [1.29, 1.82) is 0 Å². The summed E-state index contributed by atoms with van der Waals surface area (Å²) in [5.74, 6) is 1.49. The molecule has 158 valence electrons. The average Bonchev–Trinajstić information content (AvgIpc) is 3.20. The number of carbonyl (C=O) groups excluding carboxylic acids is 1. The van der Waals surface area contributed by atoms with Gasteiger partial charge in [0.1, 0.15) is 10.8 Å². The smallest absolute Gasteiger partial charge is 0.225 e. The monoisotopic (exact) mass is 415 g/mol. The third-order valence-corrected chi connectivity index (χ3v) is 6.54. The molecule has 2 aromatic rings. The largest absolute Gasteiger partial charge is 0.496 e. The molecule has 1 unspecified atom stereocenters. The van der Waals surface area contributed by atoms with Gasteiger partial charge in [0.2, 0.25) is 5.91 Å². The molecule has 3 rings (SSSR count). The van der Waals surface area contributed by atoms with Crippen LogP contribution in [0.5, 0.6) is 5.75 Å². The highest BCUT2D eigenvalue weighted by atomic mass is 32.1. The Morgan fingerprint density at radius 2 is 2.07 bits per heavy atom. The van der Waals surface area contributed by atoms with E-state index in [2.05, 4.69) is 40.3 Å². The summed E-state index contributed by atoms with van der Waals surface area (Å²) in [7, 11) is 1.74. The second kappa shape index (κ2) is 9.26. The van der Waals surface area contributed by atoms with Crippen LogP contribution in [0.25, 0.3) is 0 Å². The molecule has 2 heterocycles. The van der Waals surface area contributed by atoms with E-state index in [1.165, 1.54) is 11.1 Å². The Morgan fingerprint density at radius 3 is 2.66 bits per heavy atom. The summed E-state index contributed by atoms with van der Waals surface area (Å²) in [4.78, 5) is 19.7. The molecule has 5 nitrogen and oxygen atoms in total. The molecule has 1 aliphatic rings. The average molecular weight is 416 g/mol. The molecule has 1 aliphatic heterocycles. The maximum atomic E-state index is 12.7. The van der Waals surface area contributed by atoms with Gasteiger partial charge in [0, 0.05) is 29.1 Å². The SMILES string of the molecule is COc1c(C)cccc1CN1CCC(C(NC(=O)C(C)(C)C)c2nccs2)CC1. The van der Waals surface area contributed by atoms with Crippen LogP contribution in [0.2, 0.25) is 0 Å². The molecule has 0 radical (unpaired) electrons. The molecular weight excluding hydrogens is 382 g/mol. The summed E-state index contributed by atoms with van der Waals surface area (Å²) in [6.07, 6.45) is 3.92. The molecule has 1 aromatic heterocycles. The third-order valence-electron chi connectivity index (χ3n) is 5.68. The van der Waals surface area contributed by atoms with Crippen LogP contribution in [-0.2, 0) is 11.3 Å². The fraction of sp³-hybridized carbons (Fsp3) is 0.565. The Kier molecular flexibility index (Phi) is 6.96. The highest BCUT2D eigenvalue weighted by molar-refractivity contribution is 7.09. The number of rotatable bonds is 6. The van der Waals surface area contributed by atoms with E-state index in [0.29, 0.717) is 5.92 Å². The molecule has 6 heteroatoms. The van der Waals surface area contributed by atoms with Gasteiger partial charge in [-0.25, -0.2) is 4.98 Å². The third kappa shape index (κ3) is 5.37. The lowest BCUT2D eigenvalue weighted by atomic mass is 9.87. The van der Waals surface area contributed by atoms with E-state index in [-0.39, 0.29) is 11.9 Å². The predicted octanol–water partition coefficient (Wildman–Crippen LogP) is 4.58. The number of hydrogen-bond donors (Lipinski definition) is 1. The Bertz CT molecular complexity index is 806. The zero-order valence-electron chi connectivity index (χ0n) is 18.2. The fourth-order valence-corrected chi connectivity index (χ4v) is 4.72. The van der Waals surface area contributed by atoms with Crippen LogP contribution in [0, 0.1) is 18.3 Å². The van der Waals surface area contributed by atoms with Crippen LogP contribution >= 0.6 is 11.3 Å². The molecule has 0 spiro atoms. The van der Waals surface area contributed by atoms with E-state index in [9.17, 15) is 4.79 Å². The van der Waals surface area contributed by atoms with Crippen LogP contribution in [0.4, 0.5) is 0 Å². The first kappa shape index (κ1) is 21.8. The summed E-state index contributed by atoms with van der Waals surface area (Å²) >= 11 is 1.63. The number of hydrogen-bond acceptors (Lipinski definition) is 5. The minimum Gasteiger partial charge on any atom is -0.496 e. The highest BCUT2D eigenvalue weighted by Gasteiger charge is 2.33. The number of aryl methyl sites for hydroxylation is 1. The van der Waals surface area contributed by atoms with Gasteiger partial charge in [-0.15, -0.1) is 11.3 Å². The van der Waals surface area contributed by atoms with Crippen molar-refractivity contribution < 1.29 is 9.53 Å². The van der Waals surface area contributed by atoms with Crippen LogP contribution < -0.4 is 10.1 Å². The molecule has 1 N–H and O–H groups in total. The second-order valence-electron chi connectivity index (χ2n) is 8.95. The topological polar surface area (TPSA) is 54.5 Å². The van der Waals surface area contributed by atoms with Crippen molar-refractivity contribution in [3.63, 3.8) is 0 Å². The molecule has 0 aliphatic carbocycles. The lowest BCUT2D eigenvalue weighted by molar-refractivity contribution is -0.129. The number of benzene rings is 1. The van der Waals surface area contributed by atoms with E-state index < -0.39 is 5.41 Å². The Balaban J connectivity index is 1.66.